The standard InChI is InChI=1S/C15H26N4O/c1-12(2)14(11-19-16-8-9-17-19)18-15(20)10-13-6-4-3-5-7-13/h8-9,12-14H,3-7,10-11H2,1-2H3,(H,18,20). The summed E-state index contributed by atoms with van der Waals surface area (Å²) in [5.41, 5.74) is 0. The third-order valence-electron chi connectivity index (χ3n) is 4.18. The summed E-state index contributed by atoms with van der Waals surface area (Å²) in [6.45, 7) is 4.88. The minimum absolute atomic E-state index is 0.0958. The van der Waals surface area contributed by atoms with Gasteiger partial charge in [0, 0.05) is 6.42 Å². The van der Waals surface area contributed by atoms with Crippen molar-refractivity contribution in [2.24, 2.45) is 11.8 Å². The summed E-state index contributed by atoms with van der Waals surface area (Å²) in [6, 6.07) is 0.0958. The summed E-state index contributed by atoms with van der Waals surface area (Å²) >= 11 is 0. The molecule has 0 spiro atoms. The summed E-state index contributed by atoms with van der Waals surface area (Å²) in [4.78, 5) is 13.8. The van der Waals surface area contributed by atoms with Crippen LogP contribution in [0.1, 0.15) is 52.4 Å². The van der Waals surface area contributed by atoms with Gasteiger partial charge in [-0.15, -0.1) is 0 Å². The van der Waals surface area contributed by atoms with Crippen LogP contribution in [-0.2, 0) is 11.3 Å². The van der Waals surface area contributed by atoms with Crippen molar-refractivity contribution in [2.45, 2.75) is 65.0 Å². The zero-order valence-electron chi connectivity index (χ0n) is 12.6. The van der Waals surface area contributed by atoms with Gasteiger partial charge in [0.25, 0.3) is 0 Å². The maximum absolute atomic E-state index is 12.2. The molecule has 5 heteroatoms. The van der Waals surface area contributed by atoms with Gasteiger partial charge in [0.2, 0.25) is 5.91 Å². The van der Waals surface area contributed by atoms with Gasteiger partial charge in [0.1, 0.15) is 0 Å². The summed E-state index contributed by atoms with van der Waals surface area (Å²) < 4.78 is 0. The van der Waals surface area contributed by atoms with E-state index in [1.54, 1.807) is 17.2 Å². The van der Waals surface area contributed by atoms with Gasteiger partial charge in [-0.25, -0.2) is 0 Å². The lowest BCUT2D eigenvalue weighted by Gasteiger charge is -2.25. The summed E-state index contributed by atoms with van der Waals surface area (Å²) in [5.74, 6) is 1.14. The second-order valence-corrected chi connectivity index (χ2v) is 6.21. The van der Waals surface area contributed by atoms with E-state index in [1.807, 2.05) is 0 Å². The average molecular weight is 278 g/mol. The number of amides is 1. The van der Waals surface area contributed by atoms with Crippen LogP contribution >= 0.6 is 0 Å². The quantitative estimate of drug-likeness (QED) is 0.869. The molecule has 1 aliphatic carbocycles. The fourth-order valence-corrected chi connectivity index (χ4v) is 2.86. The van der Waals surface area contributed by atoms with Gasteiger partial charge >= 0.3 is 0 Å². The van der Waals surface area contributed by atoms with E-state index < -0.39 is 0 Å². The molecule has 1 N–H and O–H groups in total. The van der Waals surface area contributed by atoms with Crippen molar-refractivity contribution in [3.8, 4) is 0 Å². The fraction of sp³-hybridized carbons (Fsp3) is 0.800. The highest BCUT2D eigenvalue weighted by molar-refractivity contribution is 5.76. The number of hydrogen-bond acceptors (Lipinski definition) is 3. The van der Waals surface area contributed by atoms with Crippen molar-refractivity contribution in [1.82, 2.24) is 20.3 Å². The third-order valence-corrected chi connectivity index (χ3v) is 4.18. The fourth-order valence-electron chi connectivity index (χ4n) is 2.86. The molecule has 5 nitrogen and oxygen atoms in total. The summed E-state index contributed by atoms with van der Waals surface area (Å²) in [7, 11) is 0. The minimum Gasteiger partial charge on any atom is -0.351 e. The summed E-state index contributed by atoms with van der Waals surface area (Å²) in [6.07, 6.45) is 10.3. The Labute approximate surface area is 121 Å². The first-order chi connectivity index (χ1) is 9.65. The van der Waals surface area contributed by atoms with Crippen LogP contribution < -0.4 is 5.32 Å². The van der Waals surface area contributed by atoms with Gasteiger partial charge in [0.15, 0.2) is 0 Å². The molecule has 1 heterocycles. The smallest absolute Gasteiger partial charge is 0.220 e. The van der Waals surface area contributed by atoms with Gasteiger partial charge < -0.3 is 5.32 Å². The predicted molar refractivity (Wildman–Crippen MR) is 78.0 cm³/mol. The molecule has 0 radical (unpaired) electrons. The van der Waals surface area contributed by atoms with Crippen molar-refractivity contribution < 1.29 is 4.79 Å². The van der Waals surface area contributed by atoms with E-state index in [1.165, 1.54) is 32.1 Å². The van der Waals surface area contributed by atoms with Gasteiger partial charge in [0.05, 0.1) is 25.0 Å². The molecule has 2 rings (SSSR count). The van der Waals surface area contributed by atoms with Crippen LogP contribution in [0.2, 0.25) is 0 Å². The number of carbonyl (C=O) groups is 1. The molecular weight excluding hydrogens is 252 g/mol. The van der Waals surface area contributed by atoms with Crippen LogP contribution in [-0.4, -0.2) is 26.9 Å². The molecule has 1 atom stereocenters. The Morgan fingerprint density at radius 3 is 2.50 bits per heavy atom. The number of carbonyl (C=O) groups excluding carboxylic acids is 1. The molecular formula is C15H26N4O. The van der Waals surface area contributed by atoms with Crippen LogP contribution in [0.4, 0.5) is 0 Å². The summed E-state index contributed by atoms with van der Waals surface area (Å²) in [5, 5.41) is 11.4. The lowest BCUT2D eigenvalue weighted by molar-refractivity contribution is -0.123. The first-order valence-electron chi connectivity index (χ1n) is 7.78. The van der Waals surface area contributed by atoms with E-state index in [0.717, 1.165) is 0 Å². The van der Waals surface area contributed by atoms with Gasteiger partial charge in [-0.3, -0.25) is 4.79 Å². The lowest BCUT2D eigenvalue weighted by atomic mass is 9.86. The van der Waals surface area contributed by atoms with E-state index in [0.29, 0.717) is 24.8 Å². The molecule has 1 fully saturated rings. The molecule has 1 saturated carbocycles. The first kappa shape index (κ1) is 15.0. The molecule has 0 bridgehead atoms. The Balaban J connectivity index is 1.82. The second-order valence-electron chi connectivity index (χ2n) is 6.21. The SMILES string of the molecule is CC(C)C(Cn1nccn1)NC(=O)CC1CCCCC1. The molecule has 1 aromatic heterocycles. The number of rotatable bonds is 6. The normalized spacial score (nSPS) is 18.1. The number of aromatic nitrogens is 3. The highest BCUT2D eigenvalue weighted by Gasteiger charge is 2.21. The van der Waals surface area contributed by atoms with Gasteiger partial charge in [-0.05, 0) is 24.7 Å². The van der Waals surface area contributed by atoms with E-state index in [4.69, 9.17) is 0 Å². The molecule has 1 amide bonds. The molecule has 112 valence electrons. The highest BCUT2D eigenvalue weighted by Crippen LogP contribution is 2.26. The largest absolute Gasteiger partial charge is 0.351 e. The zero-order chi connectivity index (χ0) is 14.4. The molecule has 1 aromatic rings. The van der Waals surface area contributed by atoms with Crippen LogP contribution in [0.15, 0.2) is 12.4 Å². The molecule has 1 aliphatic rings. The Morgan fingerprint density at radius 2 is 1.90 bits per heavy atom. The molecule has 1 unspecified atom stereocenters. The van der Waals surface area contributed by atoms with Crippen LogP contribution in [0.25, 0.3) is 0 Å². The van der Waals surface area contributed by atoms with E-state index in [2.05, 4.69) is 29.4 Å². The molecule has 20 heavy (non-hydrogen) atoms. The maximum Gasteiger partial charge on any atom is 0.220 e. The second kappa shape index (κ2) is 7.41. The predicted octanol–water partition coefficient (Wildman–Crippen LogP) is 2.39. The maximum atomic E-state index is 12.2. The van der Waals surface area contributed by atoms with Crippen LogP contribution in [0.3, 0.4) is 0 Å². The zero-order valence-corrected chi connectivity index (χ0v) is 12.6. The van der Waals surface area contributed by atoms with Crippen LogP contribution in [0, 0.1) is 11.8 Å². The number of hydrogen-bond donors (Lipinski definition) is 1. The minimum atomic E-state index is 0.0958. The van der Waals surface area contributed by atoms with Crippen LogP contribution in [0.5, 0.6) is 0 Å². The topological polar surface area (TPSA) is 59.8 Å². The van der Waals surface area contributed by atoms with E-state index >= 15 is 0 Å². The molecule has 0 aliphatic heterocycles. The van der Waals surface area contributed by atoms with E-state index in [9.17, 15) is 4.79 Å². The van der Waals surface area contributed by atoms with Crippen molar-refractivity contribution in [3.05, 3.63) is 12.4 Å². The van der Waals surface area contributed by atoms with Crippen molar-refractivity contribution in [2.75, 3.05) is 0 Å². The van der Waals surface area contributed by atoms with Crippen molar-refractivity contribution >= 4 is 5.91 Å². The molecule has 0 aromatic carbocycles. The van der Waals surface area contributed by atoms with Gasteiger partial charge in [-0.2, -0.15) is 15.0 Å². The van der Waals surface area contributed by atoms with Crippen molar-refractivity contribution in [3.63, 3.8) is 0 Å². The Morgan fingerprint density at radius 1 is 1.25 bits per heavy atom. The third kappa shape index (κ3) is 4.62. The molecule has 0 saturated heterocycles. The first-order valence-corrected chi connectivity index (χ1v) is 7.78. The number of nitrogens with zero attached hydrogens (tertiary/aromatic N) is 3. The number of nitrogens with one attached hydrogen (secondary N) is 1. The Kier molecular flexibility index (Phi) is 5.56. The highest BCUT2D eigenvalue weighted by atomic mass is 16.1. The van der Waals surface area contributed by atoms with E-state index in [-0.39, 0.29) is 11.9 Å². The monoisotopic (exact) mass is 278 g/mol. The Bertz CT molecular complexity index is 396. The van der Waals surface area contributed by atoms with Gasteiger partial charge in [-0.1, -0.05) is 33.1 Å². The van der Waals surface area contributed by atoms with Crippen molar-refractivity contribution in [1.29, 1.82) is 0 Å². The average Bonchev–Trinajstić information content (AvgIpc) is 2.92. The Hall–Kier alpha value is -1.39. The lowest BCUT2D eigenvalue weighted by Crippen LogP contribution is -2.42.